The smallest absolute Gasteiger partial charge is 0.295 e. The van der Waals surface area contributed by atoms with Crippen LogP contribution in [0.5, 0.6) is 0 Å². The van der Waals surface area contributed by atoms with E-state index >= 15 is 0 Å². The molecule has 2 aromatic carbocycles. The molecule has 0 saturated carbocycles. The largest absolute Gasteiger partial charge is 0.507 e. The summed E-state index contributed by atoms with van der Waals surface area (Å²) in [7, 11) is 0. The third kappa shape index (κ3) is 3.99. The van der Waals surface area contributed by atoms with Crippen molar-refractivity contribution >= 4 is 40.7 Å². The number of Topliss-reactive ketones (excluding diaryl/α,β-unsaturated/α-hetero) is 1. The summed E-state index contributed by atoms with van der Waals surface area (Å²) in [6.07, 6.45) is 3.18. The highest BCUT2D eigenvalue weighted by Gasteiger charge is 2.46. The third-order valence-corrected chi connectivity index (χ3v) is 6.06. The van der Waals surface area contributed by atoms with Gasteiger partial charge in [0.2, 0.25) is 0 Å². The second kappa shape index (κ2) is 8.73. The summed E-state index contributed by atoms with van der Waals surface area (Å²) in [6.45, 7) is 1.66. The molecule has 4 rings (SSSR count). The summed E-state index contributed by atoms with van der Waals surface area (Å²) in [5.41, 5.74) is 1.51. The standard InChI is InChI=1S/C24H17Cl2FN2O3/c1-13-4-5-16(10-19(13)27)22(30)20-21(15-6-7-17(25)18(26)9-15)29(24(32)23(20)31)12-14-3-2-8-28-11-14/h2-11,21,30H,12H2,1H3/t21-/m1/s1. The fourth-order valence-corrected chi connectivity index (χ4v) is 3.96. The molecule has 1 aliphatic rings. The van der Waals surface area contributed by atoms with E-state index < -0.39 is 29.3 Å². The number of amides is 1. The lowest BCUT2D eigenvalue weighted by molar-refractivity contribution is -0.140. The van der Waals surface area contributed by atoms with E-state index in [0.717, 1.165) is 6.07 Å². The zero-order valence-corrected chi connectivity index (χ0v) is 18.4. The average Bonchev–Trinajstić information content (AvgIpc) is 3.02. The van der Waals surface area contributed by atoms with Gasteiger partial charge in [0.25, 0.3) is 11.7 Å². The lowest BCUT2D eigenvalue weighted by Gasteiger charge is -2.25. The molecule has 2 heterocycles. The van der Waals surface area contributed by atoms with Gasteiger partial charge >= 0.3 is 0 Å². The summed E-state index contributed by atoms with van der Waals surface area (Å²) in [4.78, 5) is 31.4. The average molecular weight is 471 g/mol. The van der Waals surface area contributed by atoms with E-state index in [4.69, 9.17) is 23.2 Å². The normalized spacial score (nSPS) is 17.8. The van der Waals surface area contributed by atoms with Crippen LogP contribution in [0.3, 0.4) is 0 Å². The van der Waals surface area contributed by atoms with Crippen molar-refractivity contribution in [3.05, 3.63) is 105 Å². The number of halogens is 3. The lowest BCUT2D eigenvalue weighted by Crippen LogP contribution is -2.29. The molecule has 1 aliphatic heterocycles. The highest BCUT2D eigenvalue weighted by molar-refractivity contribution is 6.46. The quantitative estimate of drug-likeness (QED) is 0.312. The van der Waals surface area contributed by atoms with Crippen LogP contribution in [0.2, 0.25) is 10.0 Å². The number of hydrogen-bond donors (Lipinski definition) is 1. The van der Waals surface area contributed by atoms with Crippen molar-refractivity contribution in [3.63, 3.8) is 0 Å². The summed E-state index contributed by atoms with van der Waals surface area (Å²) >= 11 is 12.2. The van der Waals surface area contributed by atoms with E-state index in [-0.39, 0.29) is 22.7 Å². The molecule has 32 heavy (non-hydrogen) atoms. The van der Waals surface area contributed by atoms with Crippen LogP contribution in [0.25, 0.3) is 5.76 Å². The molecular weight excluding hydrogens is 454 g/mol. The number of benzene rings is 2. The zero-order chi connectivity index (χ0) is 23.0. The van der Waals surface area contributed by atoms with Crippen molar-refractivity contribution in [2.24, 2.45) is 0 Å². The van der Waals surface area contributed by atoms with Crippen LogP contribution in [0.15, 0.2) is 66.5 Å². The number of carbonyl (C=O) groups is 2. The van der Waals surface area contributed by atoms with Gasteiger partial charge < -0.3 is 10.0 Å². The molecular formula is C24H17Cl2FN2O3. The van der Waals surface area contributed by atoms with Crippen LogP contribution >= 0.6 is 23.2 Å². The Labute approximate surface area is 193 Å². The lowest BCUT2D eigenvalue weighted by atomic mass is 9.95. The van der Waals surface area contributed by atoms with E-state index in [2.05, 4.69) is 4.98 Å². The molecule has 5 nitrogen and oxygen atoms in total. The Kier molecular flexibility index (Phi) is 6.00. The predicted octanol–water partition coefficient (Wildman–Crippen LogP) is 5.46. The summed E-state index contributed by atoms with van der Waals surface area (Å²) in [5.74, 6) is -2.67. The van der Waals surface area contributed by atoms with Crippen molar-refractivity contribution in [1.82, 2.24) is 9.88 Å². The van der Waals surface area contributed by atoms with E-state index in [1.807, 2.05) is 0 Å². The first-order valence-electron chi connectivity index (χ1n) is 9.66. The number of aliphatic hydroxyl groups excluding tert-OH is 1. The van der Waals surface area contributed by atoms with Crippen LogP contribution in [0, 0.1) is 12.7 Å². The fraction of sp³-hybridized carbons (Fsp3) is 0.125. The maximum Gasteiger partial charge on any atom is 0.295 e. The van der Waals surface area contributed by atoms with Crippen LogP contribution in [-0.2, 0) is 16.1 Å². The molecule has 0 aliphatic carbocycles. The Hall–Kier alpha value is -3.22. The van der Waals surface area contributed by atoms with E-state index in [9.17, 15) is 19.1 Å². The number of rotatable bonds is 4. The van der Waals surface area contributed by atoms with E-state index in [0.29, 0.717) is 21.7 Å². The highest BCUT2D eigenvalue weighted by Crippen LogP contribution is 2.41. The van der Waals surface area contributed by atoms with Gasteiger partial charge in [-0.05, 0) is 47.9 Å². The van der Waals surface area contributed by atoms with Gasteiger partial charge in [-0.25, -0.2) is 4.39 Å². The van der Waals surface area contributed by atoms with Gasteiger partial charge in [-0.1, -0.05) is 47.5 Å². The van der Waals surface area contributed by atoms with Crippen molar-refractivity contribution in [3.8, 4) is 0 Å². The first-order chi connectivity index (χ1) is 15.3. The number of hydrogen-bond acceptors (Lipinski definition) is 4. The maximum absolute atomic E-state index is 14.1. The maximum atomic E-state index is 14.1. The Bertz CT molecular complexity index is 1260. The second-order valence-electron chi connectivity index (χ2n) is 7.43. The molecule has 0 radical (unpaired) electrons. The van der Waals surface area contributed by atoms with Crippen LogP contribution < -0.4 is 0 Å². The molecule has 1 fully saturated rings. The van der Waals surface area contributed by atoms with Crippen molar-refractivity contribution in [1.29, 1.82) is 0 Å². The number of likely N-dealkylation sites (tertiary alicyclic amines) is 1. The summed E-state index contributed by atoms with van der Waals surface area (Å²) in [5, 5.41) is 11.5. The topological polar surface area (TPSA) is 70.5 Å². The molecule has 1 aromatic heterocycles. The zero-order valence-electron chi connectivity index (χ0n) is 16.8. The molecule has 1 amide bonds. The van der Waals surface area contributed by atoms with Gasteiger partial charge in [-0.2, -0.15) is 0 Å². The predicted molar refractivity (Wildman–Crippen MR) is 120 cm³/mol. The fourth-order valence-electron chi connectivity index (χ4n) is 3.66. The van der Waals surface area contributed by atoms with Gasteiger partial charge in [0, 0.05) is 24.5 Å². The molecule has 0 unspecified atom stereocenters. The molecule has 0 spiro atoms. The van der Waals surface area contributed by atoms with Crippen molar-refractivity contribution < 1.29 is 19.1 Å². The van der Waals surface area contributed by atoms with Gasteiger partial charge in [-0.3, -0.25) is 14.6 Å². The molecule has 1 atom stereocenters. The Balaban J connectivity index is 1.90. The van der Waals surface area contributed by atoms with Crippen molar-refractivity contribution in [2.45, 2.75) is 19.5 Å². The number of ketones is 1. The van der Waals surface area contributed by atoms with Crippen LogP contribution in [0.4, 0.5) is 4.39 Å². The first kappa shape index (κ1) is 22.0. The van der Waals surface area contributed by atoms with Gasteiger partial charge in [0.1, 0.15) is 11.6 Å². The third-order valence-electron chi connectivity index (χ3n) is 5.32. The van der Waals surface area contributed by atoms with Gasteiger partial charge in [0.15, 0.2) is 0 Å². The van der Waals surface area contributed by atoms with E-state index in [1.54, 1.807) is 49.6 Å². The number of carbonyl (C=O) groups excluding carboxylic acids is 2. The molecule has 1 N–H and O–H groups in total. The number of aryl methyl sites for hydroxylation is 1. The summed E-state index contributed by atoms with van der Waals surface area (Å²) in [6, 6.07) is 11.4. The minimum Gasteiger partial charge on any atom is -0.507 e. The Morgan fingerprint density at radius 1 is 1.12 bits per heavy atom. The van der Waals surface area contributed by atoms with Gasteiger partial charge in [0.05, 0.1) is 21.7 Å². The monoisotopic (exact) mass is 470 g/mol. The van der Waals surface area contributed by atoms with Crippen LogP contribution in [-0.4, -0.2) is 26.7 Å². The minimum absolute atomic E-state index is 0.0718. The Morgan fingerprint density at radius 2 is 1.91 bits per heavy atom. The molecule has 8 heteroatoms. The second-order valence-corrected chi connectivity index (χ2v) is 8.24. The van der Waals surface area contributed by atoms with Gasteiger partial charge in [-0.15, -0.1) is 0 Å². The molecule has 0 bridgehead atoms. The number of nitrogens with zero attached hydrogens (tertiary/aromatic N) is 2. The van der Waals surface area contributed by atoms with Crippen molar-refractivity contribution in [2.75, 3.05) is 0 Å². The Morgan fingerprint density at radius 3 is 2.56 bits per heavy atom. The molecule has 3 aromatic rings. The summed E-state index contributed by atoms with van der Waals surface area (Å²) < 4.78 is 14.1. The molecule has 1 saturated heterocycles. The number of aliphatic hydroxyl groups is 1. The SMILES string of the molecule is Cc1ccc(C(O)=C2C(=O)C(=O)N(Cc3cccnc3)[C@@H]2c2ccc(Cl)c(Cl)c2)cc1F. The van der Waals surface area contributed by atoms with E-state index in [1.165, 1.54) is 17.0 Å². The molecule has 162 valence electrons. The first-order valence-corrected chi connectivity index (χ1v) is 10.4. The highest BCUT2D eigenvalue weighted by atomic mass is 35.5. The number of pyridine rings is 1. The number of aromatic nitrogens is 1. The minimum atomic E-state index is -0.950. The van der Waals surface area contributed by atoms with Crippen LogP contribution in [0.1, 0.15) is 28.3 Å².